The second-order valence-electron chi connectivity index (χ2n) is 14.5. The standard InChI is InChI=1S/C44H39N7O10S2/c1-63(59,60)50-21-19-31(23-50)39(54)46-34(40(55)49-44-47-35(26-62-44)29-9-5-2-6-10-29)25-61-24-28-11-14-30(15-12-28)38(53)45-20-7-3-4-8-27-13-16-32-33(22-27)43(58)51(42(32)57)36-17-18-37(52)48-41(36)56/h2,5-6,9-16,19,21-23,26,34,36H,3,7,17-18,20,24-25H2,1H3,(H,45,53)(H,46,54)(H,47,49,55)(H,48,52,56). The van der Waals surface area contributed by atoms with Gasteiger partial charge in [0.25, 0.3) is 29.5 Å². The van der Waals surface area contributed by atoms with Crippen molar-refractivity contribution in [1.29, 1.82) is 0 Å². The van der Waals surface area contributed by atoms with Crippen molar-refractivity contribution in [3.8, 4) is 23.1 Å². The number of rotatable bonds is 15. The molecule has 7 amide bonds. The van der Waals surface area contributed by atoms with Crippen molar-refractivity contribution < 1.29 is 46.7 Å². The summed E-state index contributed by atoms with van der Waals surface area (Å²) in [6, 6.07) is 19.7. The maximum absolute atomic E-state index is 13.5. The van der Waals surface area contributed by atoms with Crippen LogP contribution in [0.3, 0.4) is 0 Å². The van der Waals surface area contributed by atoms with Gasteiger partial charge in [0.1, 0.15) is 12.1 Å². The van der Waals surface area contributed by atoms with Crippen LogP contribution in [0.4, 0.5) is 5.13 Å². The van der Waals surface area contributed by atoms with E-state index in [9.17, 15) is 42.0 Å². The maximum Gasteiger partial charge on any atom is 0.262 e. The van der Waals surface area contributed by atoms with Gasteiger partial charge < -0.3 is 20.7 Å². The largest absolute Gasteiger partial charge is 0.374 e. The zero-order valence-corrected chi connectivity index (χ0v) is 35.2. The fourth-order valence-electron chi connectivity index (χ4n) is 6.65. The molecule has 1 fully saturated rings. The van der Waals surface area contributed by atoms with Gasteiger partial charge in [-0.3, -0.25) is 47.8 Å². The Morgan fingerprint density at radius 3 is 2.44 bits per heavy atom. The molecule has 322 valence electrons. The highest BCUT2D eigenvalue weighted by Crippen LogP contribution is 2.28. The Kier molecular flexibility index (Phi) is 13.3. The van der Waals surface area contributed by atoms with Gasteiger partial charge in [0.05, 0.1) is 41.9 Å². The third kappa shape index (κ3) is 10.6. The van der Waals surface area contributed by atoms with Crippen LogP contribution < -0.4 is 21.3 Å². The third-order valence-electron chi connectivity index (χ3n) is 9.94. The van der Waals surface area contributed by atoms with Crippen LogP contribution in [0, 0.1) is 11.8 Å². The number of hydrogen-bond acceptors (Lipinski definition) is 12. The average molecular weight is 890 g/mol. The number of fused-ring (bicyclic) bond motifs is 1. The van der Waals surface area contributed by atoms with Gasteiger partial charge in [-0.1, -0.05) is 54.3 Å². The Morgan fingerprint density at radius 2 is 1.71 bits per heavy atom. The molecule has 3 aromatic carbocycles. The van der Waals surface area contributed by atoms with Crippen molar-refractivity contribution >= 4 is 67.8 Å². The van der Waals surface area contributed by atoms with E-state index in [2.05, 4.69) is 38.1 Å². The van der Waals surface area contributed by atoms with E-state index in [1.54, 1.807) is 35.7 Å². The molecule has 2 aliphatic heterocycles. The van der Waals surface area contributed by atoms with E-state index in [4.69, 9.17) is 4.74 Å². The molecule has 1 saturated heterocycles. The van der Waals surface area contributed by atoms with Crippen molar-refractivity contribution in [2.45, 2.75) is 44.4 Å². The van der Waals surface area contributed by atoms with Gasteiger partial charge in [-0.05, 0) is 54.8 Å². The number of unbranched alkanes of at least 4 members (excludes halogenated alkanes) is 1. The topological polar surface area (TPSA) is 232 Å². The third-order valence-corrected chi connectivity index (χ3v) is 11.7. The lowest BCUT2D eigenvalue weighted by molar-refractivity contribution is -0.136. The summed E-state index contributed by atoms with van der Waals surface area (Å²) in [4.78, 5) is 94.7. The van der Waals surface area contributed by atoms with E-state index in [-0.39, 0.29) is 48.7 Å². The molecule has 2 aromatic heterocycles. The molecule has 5 aromatic rings. The summed E-state index contributed by atoms with van der Waals surface area (Å²) in [5, 5.41) is 12.5. The number of carbonyl (C=O) groups is 7. The minimum absolute atomic E-state index is 0.0248. The first-order chi connectivity index (χ1) is 30.2. The number of nitrogens with one attached hydrogen (secondary N) is 4. The fraction of sp³-hybridized carbons (Fsp3) is 0.227. The van der Waals surface area contributed by atoms with Gasteiger partial charge in [0.2, 0.25) is 21.8 Å². The summed E-state index contributed by atoms with van der Waals surface area (Å²) in [5.41, 5.74) is 3.45. The molecule has 0 saturated carbocycles. The van der Waals surface area contributed by atoms with E-state index < -0.39 is 57.6 Å². The summed E-state index contributed by atoms with van der Waals surface area (Å²) in [6.07, 6.45) is 4.42. The van der Waals surface area contributed by atoms with Crippen molar-refractivity contribution in [2.24, 2.45) is 0 Å². The number of nitrogens with zero attached hydrogens (tertiary/aromatic N) is 3. The summed E-state index contributed by atoms with van der Waals surface area (Å²) in [5.74, 6) is 2.04. The number of aromatic nitrogens is 2. The van der Waals surface area contributed by atoms with Crippen molar-refractivity contribution in [1.82, 2.24) is 29.8 Å². The minimum atomic E-state index is -3.64. The lowest BCUT2D eigenvalue weighted by Crippen LogP contribution is -2.54. The molecule has 4 N–H and O–H groups in total. The first-order valence-electron chi connectivity index (χ1n) is 19.6. The highest BCUT2D eigenvalue weighted by Gasteiger charge is 2.44. The monoisotopic (exact) mass is 889 g/mol. The van der Waals surface area contributed by atoms with E-state index in [0.29, 0.717) is 46.9 Å². The fourth-order valence-corrected chi connectivity index (χ4v) is 7.96. The Labute approximate surface area is 365 Å². The zero-order chi connectivity index (χ0) is 44.7. The van der Waals surface area contributed by atoms with Gasteiger partial charge in [0.15, 0.2) is 5.13 Å². The Morgan fingerprint density at radius 1 is 0.952 bits per heavy atom. The smallest absolute Gasteiger partial charge is 0.262 e. The number of thiazole rings is 1. The van der Waals surface area contributed by atoms with Crippen LogP contribution in [0.5, 0.6) is 0 Å². The zero-order valence-electron chi connectivity index (χ0n) is 33.6. The predicted octanol–water partition coefficient (Wildman–Crippen LogP) is 3.34. The summed E-state index contributed by atoms with van der Waals surface area (Å²) in [6.45, 7) is 0.117. The van der Waals surface area contributed by atoms with E-state index in [1.165, 1.54) is 35.7 Å². The first kappa shape index (κ1) is 43.8. The molecule has 19 heteroatoms. The highest BCUT2D eigenvalue weighted by molar-refractivity contribution is 7.89. The molecule has 0 radical (unpaired) electrons. The highest BCUT2D eigenvalue weighted by atomic mass is 32.2. The molecule has 2 unspecified atom stereocenters. The van der Waals surface area contributed by atoms with Gasteiger partial charge >= 0.3 is 0 Å². The second-order valence-corrected chi connectivity index (χ2v) is 17.2. The predicted molar refractivity (Wildman–Crippen MR) is 230 cm³/mol. The van der Waals surface area contributed by atoms with Crippen LogP contribution in [-0.4, -0.2) is 95.1 Å². The van der Waals surface area contributed by atoms with Gasteiger partial charge in [-0.2, -0.15) is 0 Å². The number of benzene rings is 3. The van der Waals surface area contributed by atoms with Crippen LogP contribution in [-0.2, 0) is 35.8 Å². The molecule has 0 spiro atoms. The second kappa shape index (κ2) is 19.2. The molecule has 4 heterocycles. The Balaban J connectivity index is 0.883. The molecule has 17 nitrogen and oxygen atoms in total. The van der Waals surface area contributed by atoms with E-state index >= 15 is 0 Å². The van der Waals surface area contributed by atoms with Crippen LogP contribution in [0.2, 0.25) is 0 Å². The quantitative estimate of drug-likeness (QED) is 0.0677. The molecule has 7 rings (SSSR count). The van der Waals surface area contributed by atoms with Crippen molar-refractivity contribution in [2.75, 3.05) is 24.7 Å². The number of anilines is 1. The number of piperidine rings is 1. The van der Waals surface area contributed by atoms with Crippen molar-refractivity contribution in [3.05, 3.63) is 130 Å². The molecule has 63 heavy (non-hydrogen) atoms. The lowest BCUT2D eigenvalue weighted by Gasteiger charge is -2.27. The van der Waals surface area contributed by atoms with Crippen LogP contribution >= 0.6 is 11.3 Å². The number of carbonyl (C=O) groups excluding carboxylic acids is 7. The number of hydrogen-bond donors (Lipinski definition) is 4. The average Bonchev–Trinajstić information content (AvgIpc) is 4.02. The molecular formula is C44H39N7O10S2. The van der Waals surface area contributed by atoms with E-state index in [0.717, 1.165) is 26.9 Å². The normalized spacial score (nSPS) is 15.2. The Bertz CT molecular complexity index is 2790. The molecule has 0 bridgehead atoms. The summed E-state index contributed by atoms with van der Waals surface area (Å²) >= 11 is 1.21. The van der Waals surface area contributed by atoms with Gasteiger partial charge in [0, 0.05) is 53.9 Å². The molecular weight excluding hydrogens is 851 g/mol. The van der Waals surface area contributed by atoms with Crippen LogP contribution in [0.25, 0.3) is 11.3 Å². The summed E-state index contributed by atoms with van der Waals surface area (Å²) in [7, 11) is -3.64. The van der Waals surface area contributed by atoms with Crippen LogP contribution in [0.15, 0.2) is 96.6 Å². The maximum atomic E-state index is 13.5. The summed E-state index contributed by atoms with van der Waals surface area (Å²) < 4.78 is 30.6. The molecule has 2 atom stereocenters. The van der Waals surface area contributed by atoms with Crippen LogP contribution in [0.1, 0.15) is 78.2 Å². The number of amides is 7. The SMILES string of the molecule is CS(=O)(=O)n1ccc(C(=O)NC(COCc2ccc(C(=O)NCCCC#Cc3ccc4c(c3)C(=O)N(C3CCC(=O)NC3=O)C4=O)cc2)C(=O)Nc2nc(-c3ccccc3)cs2)c1. The van der Waals surface area contributed by atoms with Gasteiger partial charge in [-0.25, -0.2) is 13.4 Å². The Hall–Kier alpha value is -7.27. The lowest BCUT2D eigenvalue weighted by atomic mass is 10.0. The molecule has 2 aliphatic rings. The minimum Gasteiger partial charge on any atom is -0.374 e. The number of ether oxygens (including phenoxy) is 1. The first-order valence-corrected chi connectivity index (χ1v) is 22.3. The number of imide groups is 2. The van der Waals surface area contributed by atoms with E-state index in [1.807, 2.05) is 30.3 Å². The molecule has 0 aliphatic carbocycles. The van der Waals surface area contributed by atoms with Crippen molar-refractivity contribution in [3.63, 3.8) is 0 Å². The van der Waals surface area contributed by atoms with Gasteiger partial charge in [-0.15, -0.1) is 11.3 Å².